The van der Waals surface area contributed by atoms with E-state index in [4.69, 9.17) is 0 Å². The molecule has 0 aliphatic carbocycles. The molecule has 0 aromatic carbocycles. The number of Topliss-reactive ketones (excluding diaryl/α,β-unsaturated/α-hetero) is 1. The highest BCUT2D eigenvalue weighted by molar-refractivity contribution is 5.95. The quantitative estimate of drug-likeness (QED) is 0.757. The summed E-state index contributed by atoms with van der Waals surface area (Å²) in [7, 11) is 0. The first-order valence-corrected chi connectivity index (χ1v) is 7.15. The van der Waals surface area contributed by atoms with Gasteiger partial charge in [-0.1, -0.05) is 19.9 Å². The SMILES string of the molecule is CCC(CC)n1ccc(CC(=O)c2cccc(C)n2)n1. The van der Waals surface area contributed by atoms with Gasteiger partial charge < -0.3 is 0 Å². The summed E-state index contributed by atoms with van der Waals surface area (Å²) in [6.45, 7) is 6.19. The van der Waals surface area contributed by atoms with Gasteiger partial charge in [-0.15, -0.1) is 0 Å². The molecule has 20 heavy (non-hydrogen) atoms. The minimum Gasteiger partial charge on any atom is -0.292 e. The van der Waals surface area contributed by atoms with Gasteiger partial charge in [0.15, 0.2) is 5.78 Å². The van der Waals surface area contributed by atoms with Crippen LogP contribution in [0.1, 0.15) is 54.6 Å². The first-order chi connectivity index (χ1) is 9.63. The zero-order chi connectivity index (χ0) is 14.5. The molecule has 106 valence electrons. The Balaban J connectivity index is 2.09. The zero-order valence-electron chi connectivity index (χ0n) is 12.3. The van der Waals surface area contributed by atoms with Crippen LogP contribution < -0.4 is 0 Å². The van der Waals surface area contributed by atoms with Crippen molar-refractivity contribution in [3.8, 4) is 0 Å². The van der Waals surface area contributed by atoms with Gasteiger partial charge in [-0.2, -0.15) is 5.10 Å². The van der Waals surface area contributed by atoms with Crippen molar-refractivity contribution < 1.29 is 4.79 Å². The average molecular weight is 271 g/mol. The topological polar surface area (TPSA) is 47.8 Å². The van der Waals surface area contributed by atoms with Gasteiger partial charge in [0.05, 0.1) is 18.2 Å². The molecule has 0 bridgehead atoms. The lowest BCUT2D eigenvalue weighted by Gasteiger charge is -2.12. The lowest BCUT2D eigenvalue weighted by molar-refractivity contribution is 0.0986. The molecule has 0 aliphatic rings. The molecule has 0 saturated carbocycles. The second kappa shape index (κ2) is 6.46. The molecule has 0 radical (unpaired) electrons. The van der Waals surface area contributed by atoms with Crippen molar-refractivity contribution >= 4 is 5.78 Å². The van der Waals surface area contributed by atoms with Crippen molar-refractivity contribution in [1.29, 1.82) is 0 Å². The lowest BCUT2D eigenvalue weighted by atomic mass is 10.1. The Bertz CT molecular complexity index is 585. The number of nitrogens with zero attached hydrogens (tertiary/aromatic N) is 3. The molecular weight excluding hydrogens is 250 g/mol. The number of hydrogen-bond acceptors (Lipinski definition) is 3. The fourth-order valence-electron chi connectivity index (χ4n) is 2.29. The molecule has 0 amide bonds. The first-order valence-electron chi connectivity index (χ1n) is 7.15. The van der Waals surface area contributed by atoms with Crippen LogP contribution in [0.4, 0.5) is 0 Å². The number of aromatic nitrogens is 3. The minimum absolute atomic E-state index is 0.0171. The van der Waals surface area contributed by atoms with Crippen LogP contribution in [0.25, 0.3) is 0 Å². The van der Waals surface area contributed by atoms with Crippen LogP contribution in [0, 0.1) is 6.92 Å². The highest BCUT2D eigenvalue weighted by Gasteiger charge is 2.13. The average Bonchev–Trinajstić information content (AvgIpc) is 2.88. The summed E-state index contributed by atoms with van der Waals surface area (Å²) in [6.07, 6.45) is 4.36. The number of carbonyl (C=O) groups excluding carboxylic acids is 1. The van der Waals surface area contributed by atoms with Crippen LogP contribution >= 0.6 is 0 Å². The third kappa shape index (κ3) is 3.32. The first kappa shape index (κ1) is 14.4. The van der Waals surface area contributed by atoms with Crippen LogP contribution in [0.2, 0.25) is 0 Å². The number of pyridine rings is 1. The number of aryl methyl sites for hydroxylation is 1. The molecule has 0 aliphatic heterocycles. The number of rotatable bonds is 6. The highest BCUT2D eigenvalue weighted by atomic mass is 16.1. The van der Waals surface area contributed by atoms with Gasteiger partial charge in [-0.25, -0.2) is 0 Å². The predicted molar refractivity (Wildman–Crippen MR) is 78.9 cm³/mol. The van der Waals surface area contributed by atoms with Gasteiger partial charge in [-0.05, 0) is 38.0 Å². The molecule has 0 N–H and O–H groups in total. The van der Waals surface area contributed by atoms with Crippen molar-refractivity contribution in [2.45, 2.75) is 46.1 Å². The summed E-state index contributed by atoms with van der Waals surface area (Å²) in [5, 5.41) is 4.51. The third-order valence-electron chi connectivity index (χ3n) is 3.50. The molecule has 2 aromatic rings. The minimum atomic E-state index is 0.0171. The van der Waals surface area contributed by atoms with E-state index in [2.05, 4.69) is 23.9 Å². The molecular formula is C16H21N3O. The summed E-state index contributed by atoms with van der Waals surface area (Å²) < 4.78 is 1.96. The molecule has 0 unspecified atom stereocenters. The second-order valence-electron chi connectivity index (χ2n) is 5.02. The monoisotopic (exact) mass is 271 g/mol. The zero-order valence-corrected chi connectivity index (χ0v) is 12.3. The molecule has 4 nitrogen and oxygen atoms in total. The van der Waals surface area contributed by atoms with Crippen molar-refractivity contribution in [3.05, 3.63) is 47.5 Å². The van der Waals surface area contributed by atoms with Gasteiger partial charge in [0.1, 0.15) is 5.69 Å². The van der Waals surface area contributed by atoms with Gasteiger partial charge >= 0.3 is 0 Å². The molecule has 0 spiro atoms. The Morgan fingerprint density at radius 2 is 2.00 bits per heavy atom. The van der Waals surface area contributed by atoms with E-state index >= 15 is 0 Å². The Labute approximate surface area is 119 Å². The summed E-state index contributed by atoms with van der Waals surface area (Å²) >= 11 is 0. The normalized spacial score (nSPS) is 11.0. The van der Waals surface area contributed by atoms with E-state index in [9.17, 15) is 4.79 Å². The van der Waals surface area contributed by atoms with Crippen LogP contribution in [0.3, 0.4) is 0 Å². The van der Waals surface area contributed by atoms with E-state index < -0.39 is 0 Å². The Hall–Kier alpha value is -1.97. The third-order valence-corrected chi connectivity index (χ3v) is 3.50. The van der Waals surface area contributed by atoms with Gasteiger partial charge in [0.2, 0.25) is 0 Å². The highest BCUT2D eigenvalue weighted by Crippen LogP contribution is 2.15. The Morgan fingerprint density at radius 1 is 1.25 bits per heavy atom. The number of carbonyl (C=O) groups is 1. The van der Waals surface area contributed by atoms with Crippen molar-refractivity contribution in [2.75, 3.05) is 0 Å². The van der Waals surface area contributed by atoms with E-state index in [0.29, 0.717) is 18.2 Å². The lowest BCUT2D eigenvalue weighted by Crippen LogP contribution is -2.10. The molecule has 4 heteroatoms. The fraction of sp³-hybridized carbons (Fsp3) is 0.438. The van der Waals surface area contributed by atoms with E-state index in [-0.39, 0.29) is 5.78 Å². The van der Waals surface area contributed by atoms with Gasteiger partial charge in [0, 0.05) is 11.9 Å². The predicted octanol–water partition coefficient (Wildman–Crippen LogP) is 3.37. The Kier molecular flexibility index (Phi) is 4.66. The summed E-state index contributed by atoms with van der Waals surface area (Å²) in [6, 6.07) is 7.84. The van der Waals surface area contributed by atoms with E-state index in [1.54, 1.807) is 6.07 Å². The molecule has 0 fully saturated rings. The Morgan fingerprint density at radius 3 is 2.65 bits per heavy atom. The van der Waals surface area contributed by atoms with Crippen molar-refractivity contribution in [2.24, 2.45) is 0 Å². The molecule has 2 rings (SSSR count). The van der Waals surface area contributed by atoms with E-state index in [1.165, 1.54) is 0 Å². The number of hydrogen-bond donors (Lipinski definition) is 0. The van der Waals surface area contributed by atoms with Crippen LogP contribution in [-0.4, -0.2) is 20.5 Å². The smallest absolute Gasteiger partial charge is 0.187 e. The number of ketones is 1. The second-order valence-corrected chi connectivity index (χ2v) is 5.02. The maximum Gasteiger partial charge on any atom is 0.187 e. The van der Waals surface area contributed by atoms with Crippen LogP contribution in [-0.2, 0) is 6.42 Å². The molecule has 0 saturated heterocycles. The van der Waals surface area contributed by atoms with E-state index in [1.807, 2.05) is 36.0 Å². The maximum atomic E-state index is 12.2. The summed E-state index contributed by atoms with van der Waals surface area (Å²) in [5.41, 5.74) is 2.19. The maximum absolute atomic E-state index is 12.2. The van der Waals surface area contributed by atoms with Crippen molar-refractivity contribution in [1.82, 2.24) is 14.8 Å². The largest absolute Gasteiger partial charge is 0.292 e. The molecule has 2 heterocycles. The van der Waals surface area contributed by atoms with Crippen molar-refractivity contribution in [3.63, 3.8) is 0 Å². The van der Waals surface area contributed by atoms with E-state index in [0.717, 1.165) is 24.2 Å². The molecule has 2 aromatic heterocycles. The fourth-order valence-corrected chi connectivity index (χ4v) is 2.29. The summed E-state index contributed by atoms with van der Waals surface area (Å²) in [4.78, 5) is 16.4. The van der Waals surface area contributed by atoms with Gasteiger partial charge in [-0.3, -0.25) is 14.5 Å². The molecule has 0 atom stereocenters. The van der Waals surface area contributed by atoms with Crippen LogP contribution in [0.15, 0.2) is 30.5 Å². The van der Waals surface area contributed by atoms with Crippen LogP contribution in [0.5, 0.6) is 0 Å². The standard InChI is InChI=1S/C16H21N3O/c1-4-14(5-2)19-10-9-13(18-19)11-16(20)15-8-6-7-12(3)17-15/h6-10,14H,4-5,11H2,1-3H3. The summed E-state index contributed by atoms with van der Waals surface area (Å²) in [5.74, 6) is 0.0171. The van der Waals surface area contributed by atoms with Gasteiger partial charge in [0.25, 0.3) is 0 Å².